The van der Waals surface area contributed by atoms with E-state index in [9.17, 15) is 9.90 Å². The minimum Gasteiger partial charge on any atom is -0.493 e. The van der Waals surface area contributed by atoms with Crippen molar-refractivity contribution in [2.24, 2.45) is 0 Å². The van der Waals surface area contributed by atoms with E-state index in [4.69, 9.17) is 20.9 Å². The lowest BCUT2D eigenvalue weighted by atomic mass is 9.97. The number of ether oxygens (including phenoxy) is 1. The lowest BCUT2D eigenvalue weighted by Gasteiger charge is -2.15. The van der Waals surface area contributed by atoms with Crippen molar-refractivity contribution in [2.75, 3.05) is 12.4 Å². The summed E-state index contributed by atoms with van der Waals surface area (Å²) in [6, 6.07) is 17.9. The summed E-state index contributed by atoms with van der Waals surface area (Å²) in [5.74, 6) is 0.233. The molecule has 0 fully saturated rings. The van der Waals surface area contributed by atoms with Gasteiger partial charge < -0.3 is 14.4 Å². The van der Waals surface area contributed by atoms with Crippen LogP contribution in [0.2, 0.25) is 5.02 Å². The SMILES string of the molecule is CCCc1c(OCCCSc2ccc(C(C)C(=O)O)c(C)c2Cl)ccc2c(-c3ccccc3)noc12. The Morgan fingerprint density at radius 3 is 2.67 bits per heavy atom. The first-order chi connectivity index (χ1) is 17.4. The molecule has 1 aromatic heterocycles. The smallest absolute Gasteiger partial charge is 0.310 e. The molecular formula is C29H30ClNO4S. The summed E-state index contributed by atoms with van der Waals surface area (Å²) >= 11 is 8.21. The molecule has 0 aliphatic rings. The number of fused-ring (bicyclic) bond motifs is 1. The molecule has 1 atom stereocenters. The van der Waals surface area contributed by atoms with Gasteiger partial charge in [-0.15, -0.1) is 11.8 Å². The third-order valence-corrected chi connectivity index (χ3v) is 8.02. The lowest BCUT2D eigenvalue weighted by Crippen LogP contribution is -2.09. The number of aryl methyl sites for hydroxylation is 1. The van der Waals surface area contributed by atoms with Crippen LogP contribution in [-0.4, -0.2) is 28.6 Å². The van der Waals surface area contributed by atoms with Crippen molar-refractivity contribution < 1.29 is 19.2 Å². The number of aromatic nitrogens is 1. The molecule has 4 rings (SSSR count). The highest BCUT2D eigenvalue weighted by atomic mass is 35.5. The summed E-state index contributed by atoms with van der Waals surface area (Å²) in [7, 11) is 0. The second-order valence-corrected chi connectivity index (χ2v) is 10.3. The normalized spacial score (nSPS) is 12.1. The van der Waals surface area contributed by atoms with Crippen LogP contribution in [-0.2, 0) is 11.2 Å². The van der Waals surface area contributed by atoms with Gasteiger partial charge in [0.25, 0.3) is 0 Å². The van der Waals surface area contributed by atoms with Crippen LogP contribution < -0.4 is 4.74 Å². The lowest BCUT2D eigenvalue weighted by molar-refractivity contribution is -0.138. The predicted molar refractivity (Wildman–Crippen MR) is 147 cm³/mol. The summed E-state index contributed by atoms with van der Waals surface area (Å²) in [6.45, 7) is 6.26. The number of nitrogens with zero attached hydrogens (tertiary/aromatic N) is 1. The van der Waals surface area contributed by atoms with E-state index in [1.165, 1.54) is 0 Å². The van der Waals surface area contributed by atoms with Crippen molar-refractivity contribution >= 4 is 40.3 Å². The molecule has 0 saturated heterocycles. The first kappa shape index (κ1) is 26.1. The Morgan fingerprint density at radius 2 is 1.94 bits per heavy atom. The van der Waals surface area contributed by atoms with Gasteiger partial charge in [0.05, 0.1) is 22.9 Å². The Morgan fingerprint density at radius 1 is 1.17 bits per heavy atom. The molecule has 0 amide bonds. The van der Waals surface area contributed by atoms with Gasteiger partial charge in [-0.2, -0.15) is 0 Å². The third kappa shape index (κ3) is 5.55. The summed E-state index contributed by atoms with van der Waals surface area (Å²) in [5.41, 5.74) is 5.30. The molecule has 0 saturated carbocycles. The van der Waals surface area contributed by atoms with Gasteiger partial charge in [0.15, 0.2) is 5.58 Å². The number of aliphatic carboxylic acids is 1. The maximum absolute atomic E-state index is 11.3. The maximum Gasteiger partial charge on any atom is 0.310 e. The molecule has 0 radical (unpaired) electrons. The first-order valence-corrected chi connectivity index (χ1v) is 13.5. The van der Waals surface area contributed by atoms with E-state index in [-0.39, 0.29) is 0 Å². The molecule has 0 aliphatic carbocycles. The number of benzene rings is 3. The van der Waals surface area contributed by atoms with Gasteiger partial charge in [-0.1, -0.05) is 66.5 Å². The van der Waals surface area contributed by atoms with Crippen molar-refractivity contribution in [3.63, 3.8) is 0 Å². The topological polar surface area (TPSA) is 72.6 Å². The monoisotopic (exact) mass is 523 g/mol. The zero-order valence-electron chi connectivity index (χ0n) is 20.7. The summed E-state index contributed by atoms with van der Waals surface area (Å²) in [6.07, 6.45) is 2.66. The Hall–Kier alpha value is -2.96. The van der Waals surface area contributed by atoms with Crippen LogP contribution >= 0.6 is 23.4 Å². The van der Waals surface area contributed by atoms with E-state index < -0.39 is 11.9 Å². The molecule has 0 bridgehead atoms. The average Bonchev–Trinajstić information content (AvgIpc) is 3.32. The van der Waals surface area contributed by atoms with Crippen LogP contribution in [0.1, 0.15) is 49.3 Å². The highest BCUT2D eigenvalue weighted by Crippen LogP contribution is 2.36. The van der Waals surface area contributed by atoms with Crippen molar-refractivity contribution in [2.45, 2.75) is 50.8 Å². The molecule has 188 valence electrons. The minimum atomic E-state index is -0.853. The maximum atomic E-state index is 11.3. The Bertz CT molecular complexity index is 1350. The number of carboxylic acids is 1. The van der Waals surface area contributed by atoms with Crippen LogP contribution in [0.15, 0.2) is 64.0 Å². The first-order valence-electron chi connectivity index (χ1n) is 12.2. The third-order valence-electron chi connectivity index (χ3n) is 6.28. The second-order valence-electron chi connectivity index (χ2n) is 8.77. The van der Waals surface area contributed by atoms with Gasteiger partial charge >= 0.3 is 5.97 Å². The highest BCUT2D eigenvalue weighted by molar-refractivity contribution is 7.99. The molecular weight excluding hydrogens is 494 g/mol. The van der Waals surface area contributed by atoms with Gasteiger partial charge in [-0.3, -0.25) is 4.79 Å². The largest absolute Gasteiger partial charge is 0.493 e. The summed E-state index contributed by atoms with van der Waals surface area (Å²) < 4.78 is 12.0. The van der Waals surface area contributed by atoms with E-state index in [0.717, 1.165) is 74.6 Å². The zero-order valence-corrected chi connectivity index (χ0v) is 22.3. The van der Waals surface area contributed by atoms with Crippen LogP contribution in [0.4, 0.5) is 0 Å². The van der Waals surface area contributed by atoms with Crippen molar-refractivity contribution in [3.05, 3.63) is 76.3 Å². The van der Waals surface area contributed by atoms with Gasteiger partial charge in [0, 0.05) is 21.8 Å². The number of halogens is 1. The van der Waals surface area contributed by atoms with Crippen LogP contribution in [0.3, 0.4) is 0 Å². The molecule has 7 heteroatoms. The average molecular weight is 524 g/mol. The number of hydrogen-bond acceptors (Lipinski definition) is 5. The second kappa shape index (κ2) is 11.8. The predicted octanol–water partition coefficient (Wildman–Crippen LogP) is 8.16. The number of carboxylic acid groups (broad SMARTS) is 1. The molecule has 3 aromatic carbocycles. The molecule has 1 unspecified atom stereocenters. The standard InChI is InChI=1S/C29H30ClNO4S/c1-4-9-22-24(14-12-23-27(31-35-28(22)23)20-10-6-5-7-11-20)34-16-8-17-36-25-15-13-21(18(2)26(25)30)19(3)29(32)33/h5-7,10-15,19H,4,8-9,16-17H2,1-3H3,(H,32,33). The van der Waals surface area contributed by atoms with Gasteiger partial charge in [0.1, 0.15) is 11.4 Å². The fourth-order valence-electron chi connectivity index (χ4n) is 4.28. The van der Waals surface area contributed by atoms with Gasteiger partial charge in [-0.05, 0) is 56.0 Å². The van der Waals surface area contributed by atoms with Gasteiger partial charge in [0.2, 0.25) is 0 Å². The van der Waals surface area contributed by atoms with Crippen molar-refractivity contribution in [1.29, 1.82) is 0 Å². The van der Waals surface area contributed by atoms with Crippen LogP contribution in [0, 0.1) is 6.92 Å². The van der Waals surface area contributed by atoms with Crippen molar-refractivity contribution in [1.82, 2.24) is 5.16 Å². The Kier molecular flexibility index (Phi) is 8.60. The van der Waals surface area contributed by atoms with Crippen molar-refractivity contribution in [3.8, 4) is 17.0 Å². The summed E-state index contributed by atoms with van der Waals surface area (Å²) in [5, 5.41) is 15.3. The zero-order chi connectivity index (χ0) is 25.7. The van der Waals surface area contributed by atoms with E-state index >= 15 is 0 Å². The van der Waals surface area contributed by atoms with Crippen LogP contribution in [0.5, 0.6) is 5.75 Å². The van der Waals surface area contributed by atoms with Gasteiger partial charge in [-0.25, -0.2) is 0 Å². The number of carbonyl (C=O) groups is 1. The van der Waals surface area contributed by atoms with E-state index in [2.05, 4.69) is 12.1 Å². The molecule has 4 aromatic rings. The fourth-order valence-corrected chi connectivity index (χ4v) is 5.54. The molecule has 36 heavy (non-hydrogen) atoms. The van der Waals surface area contributed by atoms with E-state index in [1.54, 1.807) is 18.7 Å². The highest BCUT2D eigenvalue weighted by Gasteiger charge is 2.19. The molecule has 0 aliphatic heterocycles. The van der Waals surface area contributed by atoms with E-state index in [1.807, 2.05) is 61.5 Å². The minimum absolute atomic E-state index is 0.569. The number of thioether (sulfide) groups is 1. The molecule has 0 spiro atoms. The number of hydrogen-bond donors (Lipinski definition) is 1. The molecule has 5 nitrogen and oxygen atoms in total. The Labute approximate surface area is 220 Å². The molecule has 1 N–H and O–H groups in total. The van der Waals surface area contributed by atoms with Crippen LogP contribution in [0.25, 0.3) is 22.2 Å². The Balaban J connectivity index is 1.40. The number of rotatable bonds is 11. The quantitative estimate of drug-likeness (QED) is 0.158. The fraction of sp³-hybridized carbons (Fsp3) is 0.310. The summed E-state index contributed by atoms with van der Waals surface area (Å²) in [4.78, 5) is 12.3. The molecule has 1 heterocycles. The van der Waals surface area contributed by atoms with E-state index in [0.29, 0.717) is 11.6 Å².